The molecule has 0 saturated carbocycles. The molecular weight excluding hydrogens is 276 g/mol. The first-order valence-corrected chi connectivity index (χ1v) is 5.63. The number of halogens is 1. The lowest BCUT2D eigenvalue weighted by Crippen LogP contribution is -2.14. The van der Waals surface area contributed by atoms with E-state index in [1.807, 2.05) is 0 Å². The summed E-state index contributed by atoms with van der Waals surface area (Å²) in [5.74, 6) is 0. The molecule has 0 aliphatic heterocycles. The van der Waals surface area contributed by atoms with Crippen LogP contribution in [-0.4, -0.2) is 13.3 Å². The van der Waals surface area contributed by atoms with Crippen LogP contribution in [0.2, 0.25) is 0 Å². The Morgan fingerprint density at radius 2 is 2.00 bits per heavy atom. The minimum Gasteiger partial charge on any atom is -0.258 e. The molecule has 0 heterocycles. The van der Waals surface area contributed by atoms with Crippen molar-refractivity contribution in [3.63, 3.8) is 0 Å². The third kappa shape index (κ3) is 2.28. The van der Waals surface area contributed by atoms with Crippen LogP contribution in [0.15, 0.2) is 27.6 Å². The van der Waals surface area contributed by atoms with Gasteiger partial charge in [0.1, 0.15) is 0 Å². The minimum absolute atomic E-state index is 0.409. The second-order valence-corrected chi connectivity index (χ2v) is 4.86. The smallest absolute Gasteiger partial charge is 0.258 e. The van der Waals surface area contributed by atoms with Crippen molar-refractivity contribution in [1.82, 2.24) is 0 Å². The highest BCUT2D eigenvalue weighted by molar-refractivity contribution is 9.10. The normalized spacial score (nSPS) is 11.3. The van der Waals surface area contributed by atoms with Crippen molar-refractivity contribution < 1.29 is 13.3 Å². The molecule has 0 amide bonds. The predicted octanol–water partition coefficient (Wildman–Crippen LogP) is 1.00. The number of nitro groups is 1. The lowest BCUT2D eigenvalue weighted by atomic mass is 10.3. The Morgan fingerprint density at radius 1 is 1.43 bits per heavy atom. The molecule has 1 rings (SSSR count). The van der Waals surface area contributed by atoms with Gasteiger partial charge in [-0.2, -0.15) is 0 Å². The lowest BCUT2D eigenvalue weighted by Gasteiger charge is -2.00. The maximum absolute atomic E-state index is 11.0. The van der Waals surface area contributed by atoms with Gasteiger partial charge in [0, 0.05) is 10.5 Å². The van der Waals surface area contributed by atoms with E-state index in [0.29, 0.717) is 4.47 Å². The average Bonchev–Trinajstić information content (AvgIpc) is 2.01. The van der Waals surface area contributed by atoms with E-state index in [0.717, 1.165) is 12.1 Å². The summed E-state index contributed by atoms with van der Waals surface area (Å²) in [5.41, 5.74) is -0.532. The molecule has 0 atom stereocenters. The molecule has 0 aliphatic carbocycles. The molecule has 1 aromatic rings. The average molecular weight is 281 g/mol. The molecule has 1 aromatic carbocycles. The zero-order valence-corrected chi connectivity index (χ0v) is 9.08. The number of primary sulfonamides is 1. The highest BCUT2D eigenvalue weighted by atomic mass is 79.9. The second kappa shape index (κ2) is 3.64. The molecule has 0 radical (unpaired) electrons. The van der Waals surface area contributed by atoms with Gasteiger partial charge in [0.15, 0.2) is 4.90 Å². The fraction of sp³-hybridized carbons (Fsp3) is 0. The zero-order valence-electron chi connectivity index (χ0n) is 6.68. The number of nitrogens with zero attached hydrogens (tertiary/aromatic N) is 1. The van der Waals surface area contributed by atoms with Gasteiger partial charge in [-0.25, -0.2) is 13.6 Å². The summed E-state index contributed by atoms with van der Waals surface area (Å²) in [7, 11) is -4.07. The standard InChI is InChI=1S/C6H5BrN2O4S/c7-4-1-2-5(9(10)11)6(3-4)14(8,12)13/h1-3H,(H2,8,12,13). The number of nitro benzene ring substituents is 1. The van der Waals surface area contributed by atoms with Crippen molar-refractivity contribution in [2.24, 2.45) is 5.14 Å². The molecule has 2 N–H and O–H groups in total. The highest BCUT2D eigenvalue weighted by Gasteiger charge is 2.22. The quantitative estimate of drug-likeness (QED) is 0.645. The second-order valence-electron chi connectivity index (χ2n) is 2.41. The zero-order chi connectivity index (χ0) is 10.9. The Bertz CT molecular complexity index is 485. The fourth-order valence-corrected chi connectivity index (χ4v) is 2.10. The van der Waals surface area contributed by atoms with E-state index in [9.17, 15) is 18.5 Å². The topological polar surface area (TPSA) is 103 Å². The van der Waals surface area contributed by atoms with Gasteiger partial charge in [-0.05, 0) is 12.1 Å². The minimum atomic E-state index is -4.07. The third-order valence-corrected chi connectivity index (χ3v) is 2.86. The Kier molecular flexibility index (Phi) is 2.88. The van der Waals surface area contributed by atoms with Crippen LogP contribution >= 0.6 is 15.9 Å². The van der Waals surface area contributed by atoms with Gasteiger partial charge in [0.25, 0.3) is 5.69 Å². The molecule has 0 unspecified atom stereocenters. The Labute approximate surface area is 88.1 Å². The molecule has 14 heavy (non-hydrogen) atoms. The summed E-state index contributed by atoms with van der Waals surface area (Å²) < 4.78 is 22.3. The molecule has 0 fully saturated rings. The molecule has 76 valence electrons. The summed E-state index contributed by atoms with van der Waals surface area (Å²) in [6, 6.07) is 3.53. The number of hydrogen-bond donors (Lipinski definition) is 1. The molecule has 0 saturated heterocycles. The molecule has 0 aromatic heterocycles. The van der Waals surface area contributed by atoms with Gasteiger partial charge in [-0.1, -0.05) is 15.9 Å². The molecule has 8 heteroatoms. The number of sulfonamides is 1. The first-order chi connectivity index (χ1) is 6.32. The Morgan fingerprint density at radius 3 is 2.43 bits per heavy atom. The van der Waals surface area contributed by atoms with Crippen molar-refractivity contribution >= 4 is 31.6 Å². The van der Waals surface area contributed by atoms with Gasteiger partial charge in [-0.3, -0.25) is 10.1 Å². The Hall–Kier alpha value is -0.990. The molecule has 0 bridgehead atoms. The van der Waals surface area contributed by atoms with Crippen LogP contribution in [0, 0.1) is 10.1 Å². The van der Waals surface area contributed by atoms with E-state index in [2.05, 4.69) is 15.9 Å². The third-order valence-electron chi connectivity index (χ3n) is 1.43. The van der Waals surface area contributed by atoms with Gasteiger partial charge < -0.3 is 0 Å². The summed E-state index contributed by atoms with van der Waals surface area (Å²) in [6.07, 6.45) is 0. The van der Waals surface area contributed by atoms with Crippen LogP contribution in [0.4, 0.5) is 5.69 Å². The van der Waals surface area contributed by atoms with Crippen LogP contribution in [0.1, 0.15) is 0 Å². The van der Waals surface area contributed by atoms with E-state index < -0.39 is 25.5 Å². The molecule has 0 spiro atoms. The van der Waals surface area contributed by atoms with Crippen molar-refractivity contribution in [2.45, 2.75) is 4.90 Å². The summed E-state index contributed by atoms with van der Waals surface area (Å²) in [5, 5.41) is 15.3. The number of rotatable bonds is 2. The summed E-state index contributed by atoms with van der Waals surface area (Å²) in [6.45, 7) is 0. The van der Waals surface area contributed by atoms with Crippen LogP contribution in [0.3, 0.4) is 0 Å². The summed E-state index contributed by atoms with van der Waals surface area (Å²) in [4.78, 5) is 9.15. The first kappa shape index (κ1) is 11.1. The monoisotopic (exact) mass is 280 g/mol. The van der Waals surface area contributed by atoms with Crippen molar-refractivity contribution in [3.05, 3.63) is 32.8 Å². The molecule has 6 nitrogen and oxygen atoms in total. The van der Waals surface area contributed by atoms with E-state index >= 15 is 0 Å². The van der Waals surface area contributed by atoms with Crippen molar-refractivity contribution in [3.8, 4) is 0 Å². The number of benzene rings is 1. The van der Waals surface area contributed by atoms with E-state index in [4.69, 9.17) is 5.14 Å². The molecular formula is C6H5BrN2O4S. The number of hydrogen-bond acceptors (Lipinski definition) is 4. The van der Waals surface area contributed by atoms with Crippen molar-refractivity contribution in [2.75, 3.05) is 0 Å². The van der Waals surface area contributed by atoms with E-state index in [1.165, 1.54) is 6.07 Å². The first-order valence-electron chi connectivity index (χ1n) is 3.29. The Balaban J connectivity index is 3.54. The largest absolute Gasteiger partial charge is 0.289 e. The van der Waals surface area contributed by atoms with Crippen molar-refractivity contribution in [1.29, 1.82) is 0 Å². The number of nitrogens with two attached hydrogens (primary N) is 1. The van der Waals surface area contributed by atoms with Crippen LogP contribution in [0.5, 0.6) is 0 Å². The predicted molar refractivity (Wildman–Crippen MR) is 52.2 cm³/mol. The van der Waals surface area contributed by atoms with Gasteiger partial charge in [0.2, 0.25) is 10.0 Å². The van der Waals surface area contributed by atoms with Gasteiger partial charge in [-0.15, -0.1) is 0 Å². The lowest BCUT2D eigenvalue weighted by molar-refractivity contribution is -0.387. The summed E-state index contributed by atoms with van der Waals surface area (Å²) >= 11 is 3.00. The van der Waals surface area contributed by atoms with Gasteiger partial charge >= 0.3 is 0 Å². The van der Waals surface area contributed by atoms with E-state index in [1.54, 1.807) is 0 Å². The van der Waals surface area contributed by atoms with Crippen LogP contribution in [0.25, 0.3) is 0 Å². The fourth-order valence-electron chi connectivity index (χ4n) is 0.867. The highest BCUT2D eigenvalue weighted by Crippen LogP contribution is 2.25. The van der Waals surface area contributed by atoms with Crippen LogP contribution < -0.4 is 5.14 Å². The maximum Gasteiger partial charge on any atom is 0.289 e. The van der Waals surface area contributed by atoms with Crippen LogP contribution in [-0.2, 0) is 10.0 Å². The SMILES string of the molecule is NS(=O)(=O)c1cc(Br)ccc1[N+](=O)[O-]. The molecule has 0 aliphatic rings. The van der Waals surface area contributed by atoms with Gasteiger partial charge in [0.05, 0.1) is 4.92 Å². The maximum atomic E-state index is 11.0. The van der Waals surface area contributed by atoms with E-state index in [-0.39, 0.29) is 0 Å².